The molecule has 0 saturated carbocycles. The van der Waals surface area contributed by atoms with Crippen molar-refractivity contribution in [2.75, 3.05) is 0 Å². The Labute approximate surface area is 91.6 Å². The first kappa shape index (κ1) is 12.4. The molecule has 0 bridgehead atoms. The average molecular weight is 227 g/mol. The Hall–Kier alpha value is -1.63. The topological polar surface area (TPSA) is 124 Å². The second-order valence-electron chi connectivity index (χ2n) is 3.39. The molecular formula is C10H13NO5. The summed E-state index contributed by atoms with van der Waals surface area (Å²) < 4.78 is 0. The third-order valence-electron chi connectivity index (χ3n) is 2.21. The molecule has 1 unspecified atom stereocenters. The third kappa shape index (κ3) is 2.69. The molecule has 0 saturated heterocycles. The maximum atomic E-state index is 10.5. The lowest BCUT2D eigenvalue weighted by Gasteiger charge is -2.21. The van der Waals surface area contributed by atoms with E-state index in [1.54, 1.807) is 0 Å². The molecular weight excluding hydrogens is 214 g/mol. The van der Waals surface area contributed by atoms with E-state index >= 15 is 0 Å². The molecule has 6 nitrogen and oxygen atoms in total. The number of hydrogen-bond donors (Lipinski definition) is 5. The number of aromatic hydroxyl groups is 1. The van der Waals surface area contributed by atoms with E-state index < -0.39 is 24.2 Å². The lowest BCUT2D eigenvalue weighted by Crippen LogP contribution is -2.44. The zero-order valence-electron chi connectivity index (χ0n) is 8.32. The van der Waals surface area contributed by atoms with Crippen LogP contribution in [-0.2, 0) is 4.79 Å². The van der Waals surface area contributed by atoms with E-state index in [1.807, 2.05) is 0 Å². The van der Waals surface area contributed by atoms with Gasteiger partial charge in [0.25, 0.3) is 0 Å². The van der Waals surface area contributed by atoms with Crippen LogP contribution in [-0.4, -0.2) is 38.5 Å². The van der Waals surface area contributed by atoms with Crippen LogP contribution in [0.15, 0.2) is 24.3 Å². The number of carboxylic acids is 1. The zero-order valence-corrected chi connectivity index (χ0v) is 8.32. The lowest BCUT2D eigenvalue weighted by atomic mass is 9.99. The molecule has 1 aromatic carbocycles. The molecule has 88 valence electrons. The SMILES string of the molecule is N[C@H](C(=O)O)[C@H](O)C(O)c1ccc(O)cc1. The molecule has 0 aliphatic carbocycles. The molecule has 0 heterocycles. The van der Waals surface area contributed by atoms with E-state index in [1.165, 1.54) is 24.3 Å². The van der Waals surface area contributed by atoms with Crippen molar-refractivity contribution in [2.24, 2.45) is 5.73 Å². The molecule has 0 fully saturated rings. The van der Waals surface area contributed by atoms with Gasteiger partial charge in [-0.3, -0.25) is 4.79 Å². The number of benzene rings is 1. The molecule has 0 spiro atoms. The number of aliphatic hydroxyl groups excluding tert-OH is 2. The Morgan fingerprint density at radius 1 is 1.19 bits per heavy atom. The van der Waals surface area contributed by atoms with Crippen molar-refractivity contribution < 1.29 is 25.2 Å². The highest BCUT2D eigenvalue weighted by molar-refractivity contribution is 5.74. The lowest BCUT2D eigenvalue weighted by molar-refractivity contribution is -0.143. The van der Waals surface area contributed by atoms with Crippen LogP contribution in [0.3, 0.4) is 0 Å². The molecule has 16 heavy (non-hydrogen) atoms. The third-order valence-corrected chi connectivity index (χ3v) is 2.21. The van der Waals surface area contributed by atoms with Gasteiger partial charge in [-0.2, -0.15) is 0 Å². The Balaban J connectivity index is 2.81. The van der Waals surface area contributed by atoms with Gasteiger partial charge in [0, 0.05) is 0 Å². The van der Waals surface area contributed by atoms with E-state index in [2.05, 4.69) is 0 Å². The van der Waals surface area contributed by atoms with E-state index in [0.29, 0.717) is 0 Å². The Bertz CT molecular complexity index is 364. The van der Waals surface area contributed by atoms with Crippen molar-refractivity contribution in [2.45, 2.75) is 18.2 Å². The largest absolute Gasteiger partial charge is 0.508 e. The first-order valence-electron chi connectivity index (χ1n) is 4.57. The van der Waals surface area contributed by atoms with Crippen LogP contribution in [0, 0.1) is 0 Å². The molecule has 3 atom stereocenters. The molecule has 0 aliphatic rings. The van der Waals surface area contributed by atoms with Crippen LogP contribution in [0.1, 0.15) is 11.7 Å². The summed E-state index contributed by atoms with van der Waals surface area (Å²) in [6.07, 6.45) is -3.02. The summed E-state index contributed by atoms with van der Waals surface area (Å²) in [7, 11) is 0. The maximum Gasteiger partial charge on any atom is 0.323 e. The number of hydrogen-bond acceptors (Lipinski definition) is 5. The van der Waals surface area contributed by atoms with E-state index in [0.717, 1.165) is 0 Å². The van der Waals surface area contributed by atoms with Gasteiger partial charge in [0.15, 0.2) is 0 Å². The molecule has 1 aromatic rings. The standard InChI is InChI=1S/C10H13NO5/c11-7(10(15)16)9(14)8(13)5-1-3-6(12)4-2-5/h1-4,7-9,12-14H,11H2,(H,15,16)/t7-,8?,9-/m0/s1. The summed E-state index contributed by atoms with van der Waals surface area (Å²) in [5.74, 6) is -1.39. The predicted molar refractivity (Wildman–Crippen MR) is 54.7 cm³/mol. The van der Waals surface area contributed by atoms with Gasteiger partial charge in [0.05, 0.1) is 0 Å². The van der Waals surface area contributed by atoms with Gasteiger partial charge in [-0.15, -0.1) is 0 Å². The van der Waals surface area contributed by atoms with Gasteiger partial charge in [0.1, 0.15) is 24.0 Å². The number of carboxylic acid groups (broad SMARTS) is 1. The van der Waals surface area contributed by atoms with Gasteiger partial charge >= 0.3 is 5.97 Å². The number of aliphatic carboxylic acids is 1. The van der Waals surface area contributed by atoms with Gasteiger partial charge in [0.2, 0.25) is 0 Å². The first-order valence-corrected chi connectivity index (χ1v) is 4.57. The van der Waals surface area contributed by atoms with E-state index in [-0.39, 0.29) is 11.3 Å². The normalized spacial score (nSPS) is 16.4. The van der Waals surface area contributed by atoms with Crippen molar-refractivity contribution in [1.82, 2.24) is 0 Å². The summed E-state index contributed by atoms with van der Waals surface area (Å²) in [4.78, 5) is 10.5. The number of carbonyl (C=O) groups is 1. The highest BCUT2D eigenvalue weighted by atomic mass is 16.4. The predicted octanol–water partition coefficient (Wildman–Crippen LogP) is -0.802. The van der Waals surface area contributed by atoms with Gasteiger partial charge in [-0.1, -0.05) is 12.1 Å². The van der Waals surface area contributed by atoms with Crippen LogP contribution >= 0.6 is 0 Å². The summed E-state index contributed by atoms with van der Waals surface area (Å²) in [6, 6.07) is 3.81. The molecule has 0 amide bonds. The highest BCUT2D eigenvalue weighted by Crippen LogP contribution is 2.20. The zero-order chi connectivity index (χ0) is 12.3. The van der Waals surface area contributed by atoms with Crippen molar-refractivity contribution >= 4 is 5.97 Å². The quantitative estimate of drug-likeness (QED) is 0.458. The van der Waals surface area contributed by atoms with Crippen LogP contribution in [0.2, 0.25) is 0 Å². The van der Waals surface area contributed by atoms with Crippen molar-refractivity contribution in [3.63, 3.8) is 0 Å². The molecule has 0 aliphatic heterocycles. The minimum Gasteiger partial charge on any atom is -0.508 e. The second-order valence-corrected chi connectivity index (χ2v) is 3.39. The van der Waals surface area contributed by atoms with Crippen LogP contribution in [0.5, 0.6) is 5.75 Å². The number of phenols is 1. The van der Waals surface area contributed by atoms with Crippen LogP contribution < -0.4 is 5.73 Å². The van der Waals surface area contributed by atoms with Crippen LogP contribution in [0.25, 0.3) is 0 Å². The number of phenolic OH excluding ortho intramolecular Hbond substituents is 1. The Kier molecular flexibility index (Phi) is 3.83. The number of rotatable bonds is 4. The Morgan fingerprint density at radius 2 is 1.69 bits per heavy atom. The summed E-state index contributed by atoms with van der Waals surface area (Å²) in [6.45, 7) is 0. The summed E-state index contributed by atoms with van der Waals surface area (Å²) in [5, 5.41) is 36.7. The molecule has 0 aromatic heterocycles. The molecule has 6 heteroatoms. The maximum absolute atomic E-state index is 10.5. The first-order chi connectivity index (χ1) is 7.43. The fourth-order valence-electron chi connectivity index (χ4n) is 1.21. The van der Waals surface area contributed by atoms with Gasteiger partial charge < -0.3 is 26.2 Å². The van der Waals surface area contributed by atoms with Crippen molar-refractivity contribution in [3.05, 3.63) is 29.8 Å². The van der Waals surface area contributed by atoms with E-state index in [9.17, 15) is 15.0 Å². The second kappa shape index (κ2) is 4.93. The van der Waals surface area contributed by atoms with E-state index in [4.69, 9.17) is 15.9 Å². The monoisotopic (exact) mass is 227 g/mol. The van der Waals surface area contributed by atoms with Gasteiger partial charge in [-0.05, 0) is 17.7 Å². The number of aliphatic hydroxyl groups is 2. The smallest absolute Gasteiger partial charge is 0.323 e. The van der Waals surface area contributed by atoms with Crippen molar-refractivity contribution in [3.8, 4) is 5.75 Å². The molecule has 6 N–H and O–H groups in total. The number of nitrogens with two attached hydrogens (primary N) is 1. The van der Waals surface area contributed by atoms with Gasteiger partial charge in [-0.25, -0.2) is 0 Å². The van der Waals surface area contributed by atoms with Crippen LogP contribution in [0.4, 0.5) is 0 Å². The minimum absolute atomic E-state index is 0.00738. The summed E-state index contributed by atoms with van der Waals surface area (Å²) in [5.41, 5.74) is 5.45. The summed E-state index contributed by atoms with van der Waals surface area (Å²) >= 11 is 0. The molecule has 0 radical (unpaired) electrons. The highest BCUT2D eigenvalue weighted by Gasteiger charge is 2.29. The Morgan fingerprint density at radius 3 is 2.12 bits per heavy atom. The minimum atomic E-state index is -1.61. The fraction of sp³-hybridized carbons (Fsp3) is 0.300. The average Bonchev–Trinajstić information content (AvgIpc) is 2.27. The van der Waals surface area contributed by atoms with Crippen molar-refractivity contribution in [1.29, 1.82) is 0 Å². The molecule has 1 rings (SSSR count). The fourth-order valence-corrected chi connectivity index (χ4v) is 1.21.